The van der Waals surface area contributed by atoms with E-state index in [4.69, 9.17) is 4.74 Å². The van der Waals surface area contributed by atoms with Crippen LogP contribution in [0.25, 0.3) is 11.1 Å². The number of fused-ring (bicyclic) bond motifs is 3. The fourth-order valence-corrected chi connectivity index (χ4v) is 5.70. The summed E-state index contributed by atoms with van der Waals surface area (Å²) < 4.78 is 5.65. The van der Waals surface area contributed by atoms with Crippen molar-refractivity contribution in [2.24, 2.45) is 5.92 Å². The van der Waals surface area contributed by atoms with Gasteiger partial charge in [-0.3, -0.25) is 10.1 Å². The number of benzene rings is 2. The van der Waals surface area contributed by atoms with E-state index in [0.29, 0.717) is 5.75 Å². The van der Waals surface area contributed by atoms with Gasteiger partial charge in [0.1, 0.15) is 12.6 Å². The van der Waals surface area contributed by atoms with Crippen molar-refractivity contribution in [1.82, 2.24) is 10.6 Å². The number of nitrogens with one attached hydrogen (secondary N) is 2. The van der Waals surface area contributed by atoms with Gasteiger partial charge in [0.2, 0.25) is 0 Å². The standard InChI is InChI=1S/C23H26N2O4S/c1-13(2)20(21-24-19(12-30-21)22(26)27)25-23(28)29-11-18-16-9-5-3-7-14(16)15-8-4-6-10-17(15)18/h3-10,13,18-21,24H,11-12H2,1-2H3,(H,25,28)(H,26,27)/t19-,20-,21?/m0/s1. The van der Waals surface area contributed by atoms with E-state index < -0.39 is 18.1 Å². The minimum atomic E-state index is -0.867. The van der Waals surface area contributed by atoms with E-state index in [1.807, 2.05) is 38.1 Å². The van der Waals surface area contributed by atoms with E-state index in [1.54, 1.807) is 0 Å². The molecule has 0 radical (unpaired) electrons. The lowest BCUT2D eigenvalue weighted by atomic mass is 9.98. The predicted octanol–water partition coefficient (Wildman–Crippen LogP) is 3.67. The van der Waals surface area contributed by atoms with Gasteiger partial charge in [-0.05, 0) is 28.2 Å². The van der Waals surface area contributed by atoms with Crippen molar-refractivity contribution in [1.29, 1.82) is 0 Å². The molecule has 2 aromatic carbocycles. The maximum atomic E-state index is 12.6. The summed E-state index contributed by atoms with van der Waals surface area (Å²) in [7, 11) is 0. The molecule has 2 aliphatic rings. The predicted molar refractivity (Wildman–Crippen MR) is 118 cm³/mol. The molecule has 1 heterocycles. The quantitative estimate of drug-likeness (QED) is 0.653. The van der Waals surface area contributed by atoms with Gasteiger partial charge in [-0.15, -0.1) is 11.8 Å². The number of aliphatic carboxylic acids is 1. The molecule has 7 heteroatoms. The number of amides is 1. The van der Waals surface area contributed by atoms with Crippen LogP contribution in [0.15, 0.2) is 48.5 Å². The number of carbonyl (C=O) groups excluding carboxylic acids is 1. The number of carboxylic acids is 1. The molecule has 0 aromatic heterocycles. The van der Waals surface area contributed by atoms with Crippen molar-refractivity contribution in [2.45, 2.75) is 37.2 Å². The first-order valence-corrected chi connectivity index (χ1v) is 11.2. The third kappa shape index (κ3) is 4.04. The van der Waals surface area contributed by atoms with Crippen LogP contribution in [0.5, 0.6) is 0 Å². The highest BCUT2D eigenvalue weighted by atomic mass is 32.2. The van der Waals surface area contributed by atoms with Gasteiger partial charge in [0.15, 0.2) is 0 Å². The van der Waals surface area contributed by atoms with Crippen LogP contribution < -0.4 is 10.6 Å². The molecule has 3 N–H and O–H groups in total. The molecule has 1 saturated heterocycles. The van der Waals surface area contributed by atoms with E-state index in [2.05, 4.69) is 34.9 Å². The molecule has 2 aromatic rings. The minimum Gasteiger partial charge on any atom is -0.480 e. The van der Waals surface area contributed by atoms with E-state index in [0.717, 1.165) is 0 Å². The number of rotatable bonds is 6. The Bertz CT molecular complexity index is 903. The Morgan fingerprint density at radius 3 is 2.27 bits per heavy atom. The van der Waals surface area contributed by atoms with Crippen LogP contribution in [0, 0.1) is 5.92 Å². The Morgan fingerprint density at radius 2 is 1.73 bits per heavy atom. The number of hydrogen-bond acceptors (Lipinski definition) is 5. The fourth-order valence-electron chi connectivity index (χ4n) is 4.21. The lowest BCUT2D eigenvalue weighted by Crippen LogP contribution is -2.51. The largest absolute Gasteiger partial charge is 0.480 e. The van der Waals surface area contributed by atoms with Crippen molar-refractivity contribution < 1.29 is 19.4 Å². The first kappa shape index (κ1) is 20.8. The monoisotopic (exact) mass is 426 g/mol. The van der Waals surface area contributed by atoms with Crippen molar-refractivity contribution >= 4 is 23.8 Å². The summed E-state index contributed by atoms with van der Waals surface area (Å²) in [4.78, 5) is 23.8. The van der Waals surface area contributed by atoms with Gasteiger partial charge in [0, 0.05) is 11.7 Å². The zero-order valence-electron chi connectivity index (χ0n) is 17.0. The van der Waals surface area contributed by atoms with Crippen LogP contribution >= 0.6 is 11.8 Å². The number of thioether (sulfide) groups is 1. The molecule has 30 heavy (non-hydrogen) atoms. The summed E-state index contributed by atoms with van der Waals surface area (Å²) in [6.45, 7) is 4.27. The van der Waals surface area contributed by atoms with Gasteiger partial charge in [0.25, 0.3) is 0 Å². The van der Waals surface area contributed by atoms with E-state index in [9.17, 15) is 14.7 Å². The van der Waals surface area contributed by atoms with Crippen LogP contribution in [0.3, 0.4) is 0 Å². The molecule has 1 aliphatic carbocycles. The summed E-state index contributed by atoms with van der Waals surface area (Å²) in [5.74, 6) is -0.247. The van der Waals surface area contributed by atoms with E-state index in [-0.39, 0.29) is 29.9 Å². The second-order valence-electron chi connectivity index (χ2n) is 8.05. The third-order valence-corrected chi connectivity index (χ3v) is 7.09. The lowest BCUT2D eigenvalue weighted by molar-refractivity contribution is -0.138. The topological polar surface area (TPSA) is 87.7 Å². The molecule has 6 nitrogen and oxygen atoms in total. The third-order valence-electron chi connectivity index (χ3n) is 5.78. The first-order chi connectivity index (χ1) is 14.5. The number of hydrogen-bond donors (Lipinski definition) is 3. The number of carboxylic acid groups (broad SMARTS) is 1. The molecule has 1 amide bonds. The average Bonchev–Trinajstić information content (AvgIpc) is 3.34. The highest BCUT2D eigenvalue weighted by Crippen LogP contribution is 2.44. The van der Waals surface area contributed by atoms with Gasteiger partial charge in [-0.25, -0.2) is 4.79 Å². The maximum Gasteiger partial charge on any atom is 0.407 e. The van der Waals surface area contributed by atoms with Gasteiger partial charge in [-0.2, -0.15) is 0 Å². The molecule has 4 rings (SSSR count). The molecule has 1 fully saturated rings. The highest BCUT2D eigenvalue weighted by Gasteiger charge is 2.37. The smallest absolute Gasteiger partial charge is 0.407 e. The van der Waals surface area contributed by atoms with Crippen molar-refractivity contribution in [3.8, 4) is 11.1 Å². The van der Waals surface area contributed by atoms with Crippen LogP contribution in [0.1, 0.15) is 30.9 Å². The highest BCUT2D eigenvalue weighted by molar-refractivity contribution is 8.00. The Hall–Kier alpha value is -2.51. The Labute approximate surface area is 180 Å². The molecular formula is C23H26N2O4S. The summed E-state index contributed by atoms with van der Waals surface area (Å²) in [5, 5.41) is 15.1. The molecule has 0 spiro atoms. The Kier molecular flexibility index (Phi) is 6.01. The summed E-state index contributed by atoms with van der Waals surface area (Å²) >= 11 is 1.52. The summed E-state index contributed by atoms with van der Waals surface area (Å²) in [6.07, 6.45) is -0.475. The van der Waals surface area contributed by atoms with Crippen molar-refractivity contribution in [2.75, 3.05) is 12.4 Å². The summed E-state index contributed by atoms with van der Waals surface area (Å²) in [6, 6.07) is 15.6. The van der Waals surface area contributed by atoms with Crippen molar-refractivity contribution in [3.05, 3.63) is 59.7 Å². The van der Waals surface area contributed by atoms with Gasteiger partial charge in [-0.1, -0.05) is 62.4 Å². The van der Waals surface area contributed by atoms with Crippen LogP contribution in [-0.2, 0) is 9.53 Å². The SMILES string of the molecule is CC(C)[C@H](NC(=O)OCC1c2ccccc2-c2ccccc21)C1N[C@H](C(=O)O)CS1. The number of alkyl carbamates (subject to hydrolysis) is 1. The van der Waals surface area contributed by atoms with Gasteiger partial charge < -0.3 is 15.2 Å². The van der Waals surface area contributed by atoms with E-state index >= 15 is 0 Å². The number of carbonyl (C=O) groups is 2. The average molecular weight is 427 g/mol. The van der Waals surface area contributed by atoms with Gasteiger partial charge in [0.05, 0.1) is 11.4 Å². The molecule has 158 valence electrons. The molecule has 3 atom stereocenters. The normalized spacial score (nSPS) is 21.2. The minimum absolute atomic E-state index is 0.0102. The molecule has 0 saturated carbocycles. The Morgan fingerprint density at radius 1 is 1.13 bits per heavy atom. The molecule has 0 bridgehead atoms. The van der Waals surface area contributed by atoms with Crippen LogP contribution in [0.4, 0.5) is 4.79 Å². The van der Waals surface area contributed by atoms with Gasteiger partial charge >= 0.3 is 12.1 Å². The van der Waals surface area contributed by atoms with E-state index in [1.165, 1.54) is 34.0 Å². The second-order valence-corrected chi connectivity index (χ2v) is 9.23. The molecular weight excluding hydrogens is 400 g/mol. The summed E-state index contributed by atoms with van der Waals surface area (Å²) in [5.41, 5.74) is 4.72. The molecule has 1 aliphatic heterocycles. The zero-order valence-corrected chi connectivity index (χ0v) is 17.8. The first-order valence-electron chi connectivity index (χ1n) is 10.2. The zero-order chi connectivity index (χ0) is 21.3. The van der Waals surface area contributed by atoms with Crippen LogP contribution in [-0.4, -0.2) is 47.0 Å². The second kappa shape index (κ2) is 8.70. The van der Waals surface area contributed by atoms with Crippen LogP contribution in [0.2, 0.25) is 0 Å². The van der Waals surface area contributed by atoms with Crippen molar-refractivity contribution in [3.63, 3.8) is 0 Å². The fraction of sp³-hybridized carbons (Fsp3) is 0.391. The lowest BCUT2D eigenvalue weighted by Gasteiger charge is -2.28. The maximum absolute atomic E-state index is 12.6. The Balaban J connectivity index is 1.41. The molecule has 1 unspecified atom stereocenters. The number of ether oxygens (including phenoxy) is 1.